The van der Waals surface area contributed by atoms with Crippen molar-refractivity contribution in [3.8, 4) is 0 Å². The van der Waals surface area contributed by atoms with Crippen molar-refractivity contribution in [2.24, 2.45) is 4.99 Å². The SMILES string of the molecule is FC(F)(F)C1CN=[C][N]1. The summed E-state index contributed by atoms with van der Waals surface area (Å²) in [6.45, 7) is -0.302. The smallest absolute Gasteiger partial charge is 0.261 e. The highest BCUT2D eigenvalue weighted by Crippen LogP contribution is 2.21. The van der Waals surface area contributed by atoms with Crippen molar-refractivity contribution in [2.75, 3.05) is 6.54 Å². The highest BCUT2D eigenvalue weighted by molar-refractivity contribution is 5.57. The lowest BCUT2D eigenvalue weighted by Gasteiger charge is -2.10. The Morgan fingerprint density at radius 2 is 2.11 bits per heavy atom. The number of alkyl halides is 3. The molecule has 1 unspecified atom stereocenters. The van der Waals surface area contributed by atoms with Gasteiger partial charge in [-0.2, -0.15) is 13.2 Å². The lowest BCUT2D eigenvalue weighted by molar-refractivity contribution is -0.148. The van der Waals surface area contributed by atoms with Crippen molar-refractivity contribution in [2.45, 2.75) is 12.2 Å². The van der Waals surface area contributed by atoms with Crippen LogP contribution in [0.3, 0.4) is 0 Å². The van der Waals surface area contributed by atoms with Gasteiger partial charge in [0.2, 0.25) is 0 Å². The zero-order valence-electron chi connectivity index (χ0n) is 4.31. The fourth-order valence-electron chi connectivity index (χ4n) is 0.455. The van der Waals surface area contributed by atoms with Crippen molar-refractivity contribution in [1.29, 1.82) is 0 Å². The number of nitrogens with zero attached hydrogens (tertiary/aromatic N) is 2. The third kappa shape index (κ3) is 1.34. The van der Waals surface area contributed by atoms with E-state index in [0.717, 1.165) is 0 Å². The van der Waals surface area contributed by atoms with Gasteiger partial charge in [0, 0.05) is 0 Å². The Labute approximate surface area is 49.8 Å². The van der Waals surface area contributed by atoms with Crippen LogP contribution in [0.4, 0.5) is 13.2 Å². The standard InChI is InChI=1S/C4H3F3N2/c5-4(6,7)3-1-8-2-9-3/h3H,1H2. The van der Waals surface area contributed by atoms with E-state index in [0.29, 0.717) is 0 Å². The molecule has 0 saturated heterocycles. The number of hydrogen-bond donors (Lipinski definition) is 0. The molecule has 2 nitrogen and oxygen atoms in total. The van der Waals surface area contributed by atoms with Crippen LogP contribution >= 0.6 is 0 Å². The summed E-state index contributed by atoms with van der Waals surface area (Å²) in [5.41, 5.74) is 0. The first kappa shape index (κ1) is 6.38. The summed E-state index contributed by atoms with van der Waals surface area (Å²) in [7, 11) is 0. The molecular formula is C4H3F3N2. The maximum Gasteiger partial charge on any atom is 0.412 e. The largest absolute Gasteiger partial charge is 0.412 e. The highest BCUT2D eigenvalue weighted by atomic mass is 19.4. The predicted molar refractivity (Wildman–Crippen MR) is 24.3 cm³/mol. The fourth-order valence-corrected chi connectivity index (χ4v) is 0.455. The minimum Gasteiger partial charge on any atom is -0.261 e. The monoisotopic (exact) mass is 136 g/mol. The topological polar surface area (TPSA) is 26.5 Å². The van der Waals surface area contributed by atoms with Crippen molar-refractivity contribution < 1.29 is 13.2 Å². The molecule has 0 spiro atoms. The Bertz CT molecular complexity index is 120. The lowest BCUT2D eigenvalue weighted by Crippen LogP contribution is -2.35. The van der Waals surface area contributed by atoms with Gasteiger partial charge in [0.05, 0.1) is 6.54 Å². The second-order valence-corrected chi connectivity index (χ2v) is 1.63. The first-order valence-electron chi connectivity index (χ1n) is 2.29. The minimum absolute atomic E-state index is 0.302. The van der Waals surface area contributed by atoms with Gasteiger partial charge in [0.15, 0.2) is 12.4 Å². The van der Waals surface area contributed by atoms with Gasteiger partial charge in [-0.1, -0.05) is 0 Å². The van der Waals surface area contributed by atoms with Crippen LogP contribution in [0.2, 0.25) is 0 Å². The van der Waals surface area contributed by atoms with Crippen molar-refractivity contribution in [1.82, 2.24) is 5.32 Å². The molecule has 0 bridgehead atoms. The van der Waals surface area contributed by atoms with Crippen LogP contribution in [0.25, 0.3) is 0 Å². The third-order valence-corrected chi connectivity index (χ3v) is 0.926. The Balaban J connectivity index is 2.46. The van der Waals surface area contributed by atoms with E-state index < -0.39 is 12.2 Å². The highest BCUT2D eigenvalue weighted by Gasteiger charge is 2.41. The van der Waals surface area contributed by atoms with Gasteiger partial charge in [-0.25, -0.2) is 5.32 Å². The molecule has 1 heterocycles. The lowest BCUT2D eigenvalue weighted by atomic mass is 10.3. The van der Waals surface area contributed by atoms with E-state index in [4.69, 9.17) is 0 Å². The molecule has 1 aliphatic rings. The van der Waals surface area contributed by atoms with Crippen LogP contribution in [0, 0.1) is 0 Å². The molecule has 0 amide bonds. The molecule has 0 saturated carbocycles. The minimum atomic E-state index is -4.24. The summed E-state index contributed by atoms with van der Waals surface area (Å²) >= 11 is 0. The quantitative estimate of drug-likeness (QED) is 0.462. The molecule has 1 atom stereocenters. The summed E-state index contributed by atoms with van der Waals surface area (Å²) in [6, 6.07) is -1.64. The third-order valence-electron chi connectivity index (χ3n) is 0.926. The van der Waals surface area contributed by atoms with E-state index in [1.807, 2.05) is 6.34 Å². The van der Waals surface area contributed by atoms with Crippen molar-refractivity contribution >= 4 is 6.34 Å². The van der Waals surface area contributed by atoms with Crippen LogP contribution in [-0.2, 0) is 0 Å². The fraction of sp³-hybridized carbons (Fsp3) is 0.750. The second kappa shape index (κ2) is 1.89. The van der Waals surface area contributed by atoms with Gasteiger partial charge in [-0.05, 0) is 0 Å². The molecule has 2 radical (unpaired) electrons. The Kier molecular flexibility index (Phi) is 1.34. The molecule has 9 heavy (non-hydrogen) atoms. The molecule has 0 aromatic heterocycles. The van der Waals surface area contributed by atoms with Gasteiger partial charge >= 0.3 is 6.18 Å². The van der Waals surface area contributed by atoms with Crippen LogP contribution < -0.4 is 5.32 Å². The molecule has 5 heteroatoms. The first-order valence-corrected chi connectivity index (χ1v) is 2.29. The number of hydrogen-bond acceptors (Lipinski definition) is 1. The van der Waals surface area contributed by atoms with Crippen LogP contribution in [0.15, 0.2) is 4.99 Å². The van der Waals surface area contributed by atoms with E-state index >= 15 is 0 Å². The zero-order valence-corrected chi connectivity index (χ0v) is 4.31. The van der Waals surface area contributed by atoms with E-state index in [1.54, 1.807) is 0 Å². The summed E-state index contributed by atoms with van der Waals surface area (Å²) in [4.78, 5) is 3.19. The van der Waals surface area contributed by atoms with Gasteiger partial charge in [0.1, 0.15) is 0 Å². The molecule has 1 rings (SSSR count). The van der Waals surface area contributed by atoms with E-state index in [-0.39, 0.29) is 6.54 Å². The Morgan fingerprint density at radius 3 is 2.33 bits per heavy atom. The predicted octanol–water partition coefficient (Wildman–Crippen LogP) is 0.441. The summed E-state index contributed by atoms with van der Waals surface area (Å²) in [6.07, 6.45) is -2.33. The summed E-state index contributed by atoms with van der Waals surface area (Å²) in [5.74, 6) is 0. The summed E-state index contributed by atoms with van der Waals surface area (Å²) in [5, 5.41) is 2.97. The molecule has 0 N–H and O–H groups in total. The van der Waals surface area contributed by atoms with E-state index in [1.165, 1.54) is 0 Å². The number of rotatable bonds is 0. The van der Waals surface area contributed by atoms with Gasteiger partial charge < -0.3 is 0 Å². The Morgan fingerprint density at radius 1 is 1.44 bits per heavy atom. The van der Waals surface area contributed by atoms with Gasteiger partial charge in [0.25, 0.3) is 0 Å². The molecule has 1 aliphatic heterocycles. The number of halogens is 3. The van der Waals surface area contributed by atoms with Crippen molar-refractivity contribution in [3.63, 3.8) is 0 Å². The molecule has 0 fully saturated rings. The van der Waals surface area contributed by atoms with E-state index in [9.17, 15) is 13.2 Å². The average Bonchev–Trinajstić information content (AvgIpc) is 2.08. The molecule has 0 aromatic rings. The average molecular weight is 136 g/mol. The maximum atomic E-state index is 11.6. The van der Waals surface area contributed by atoms with Gasteiger partial charge in [-0.3, -0.25) is 4.99 Å². The maximum absolute atomic E-state index is 11.6. The van der Waals surface area contributed by atoms with E-state index in [2.05, 4.69) is 10.3 Å². The Hall–Kier alpha value is -0.740. The van der Waals surface area contributed by atoms with Gasteiger partial charge in [-0.15, -0.1) is 0 Å². The molecule has 0 aromatic carbocycles. The van der Waals surface area contributed by atoms with Crippen LogP contribution in [-0.4, -0.2) is 25.1 Å². The molecule has 0 aliphatic carbocycles. The van der Waals surface area contributed by atoms with Crippen molar-refractivity contribution in [3.05, 3.63) is 0 Å². The first-order chi connectivity index (χ1) is 4.11. The summed E-state index contributed by atoms with van der Waals surface area (Å²) < 4.78 is 34.7. The number of aliphatic imine (C=N–C) groups is 1. The zero-order chi connectivity index (χ0) is 6.91. The molecular weight excluding hydrogens is 133 g/mol. The normalized spacial score (nSPS) is 26.3. The van der Waals surface area contributed by atoms with Crippen LogP contribution in [0.1, 0.15) is 0 Å². The van der Waals surface area contributed by atoms with Crippen LogP contribution in [0.5, 0.6) is 0 Å². The molecule has 50 valence electrons. The second-order valence-electron chi connectivity index (χ2n) is 1.63.